The molecule has 2 aromatic heterocycles. The van der Waals surface area contributed by atoms with Gasteiger partial charge in [0, 0.05) is 23.6 Å². The SMILES string of the molecule is CCc1nn2c(=O)cc(CSCC(=O)Nc3cccc(OC)c3)nc2s1. The lowest BCUT2D eigenvalue weighted by atomic mass is 10.3. The minimum Gasteiger partial charge on any atom is -0.497 e. The predicted molar refractivity (Wildman–Crippen MR) is 104 cm³/mol. The van der Waals surface area contributed by atoms with E-state index in [1.807, 2.05) is 19.1 Å². The van der Waals surface area contributed by atoms with Gasteiger partial charge in [0.05, 0.1) is 18.6 Å². The summed E-state index contributed by atoms with van der Waals surface area (Å²) in [6.07, 6.45) is 0.766. The molecule has 0 bridgehead atoms. The number of aromatic nitrogens is 3. The number of hydrogen-bond donors (Lipinski definition) is 1. The Labute approximate surface area is 158 Å². The first-order chi connectivity index (χ1) is 12.6. The molecule has 0 aliphatic carbocycles. The molecule has 1 aromatic carbocycles. The molecule has 7 nitrogen and oxygen atoms in total. The Balaban J connectivity index is 1.58. The van der Waals surface area contributed by atoms with Crippen molar-refractivity contribution in [3.8, 4) is 5.75 Å². The van der Waals surface area contributed by atoms with Crippen LogP contribution in [0.3, 0.4) is 0 Å². The third-order valence-corrected chi connectivity index (χ3v) is 5.50. The zero-order chi connectivity index (χ0) is 18.5. The van der Waals surface area contributed by atoms with Gasteiger partial charge in [0.15, 0.2) is 0 Å². The summed E-state index contributed by atoms with van der Waals surface area (Å²) in [6, 6.07) is 8.66. The van der Waals surface area contributed by atoms with E-state index >= 15 is 0 Å². The Morgan fingerprint density at radius 3 is 3.00 bits per heavy atom. The van der Waals surface area contributed by atoms with Crippen LogP contribution in [0.1, 0.15) is 17.6 Å². The summed E-state index contributed by atoms with van der Waals surface area (Å²) in [5.41, 5.74) is 1.15. The molecule has 0 saturated heterocycles. The Bertz CT molecular complexity index is 984. The summed E-state index contributed by atoms with van der Waals surface area (Å²) in [4.78, 5) is 29.2. The van der Waals surface area contributed by atoms with Crippen molar-refractivity contribution in [2.45, 2.75) is 19.1 Å². The van der Waals surface area contributed by atoms with E-state index in [1.54, 1.807) is 19.2 Å². The van der Waals surface area contributed by atoms with Crippen molar-refractivity contribution in [2.75, 3.05) is 18.2 Å². The number of nitrogens with one attached hydrogen (secondary N) is 1. The summed E-state index contributed by atoms with van der Waals surface area (Å²) < 4.78 is 6.46. The third kappa shape index (κ3) is 4.41. The fraction of sp³-hybridized carbons (Fsp3) is 0.294. The molecular formula is C17H18N4O3S2. The number of hydrogen-bond acceptors (Lipinski definition) is 7. The Morgan fingerprint density at radius 1 is 1.38 bits per heavy atom. The molecule has 0 fully saturated rings. The van der Waals surface area contributed by atoms with Crippen LogP contribution in [0.5, 0.6) is 5.75 Å². The van der Waals surface area contributed by atoms with Crippen LogP contribution >= 0.6 is 23.1 Å². The predicted octanol–water partition coefficient (Wildman–Crippen LogP) is 2.59. The van der Waals surface area contributed by atoms with E-state index in [2.05, 4.69) is 15.4 Å². The second-order valence-corrected chi connectivity index (χ2v) is 7.43. The number of thioether (sulfide) groups is 1. The average molecular weight is 390 g/mol. The van der Waals surface area contributed by atoms with Crippen LogP contribution in [0.25, 0.3) is 4.96 Å². The van der Waals surface area contributed by atoms with Gasteiger partial charge in [-0.1, -0.05) is 24.3 Å². The van der Waals surface area contributed by atoms with Crippen molar-refractivity contribution in [1.82, 2.24) is 14.6 Å². The number of carbonyl (C=O) groups excluding carboxylic acids is 1. The van der Waals surface area contributed by atoms with Crippen molar-refractivity contribution in [3.05, 3.63) is 51.4 Å². The molecule has 0 unspecified atom stereocenters. The van der Waals surface area contributed by atoms with Crippen LogP contribution in [0.2, 0.25) is 0 Å². The molecule has 136 valence electrons. The fourth-order valence-electron chi connectivity index (χ4n) is 2.26. The lowest BCUT2D eigenvalue weighted by molar-refractivity contribution is -0.113. The fourth-order valence-corrected chi connectivity index (χ4v) is 3.83. The van der Waals surface area contributed by atoms with Crippen LogP contribution in [-0.4, -0.2) is 33.4 Å². The maximum atomic E-state index is 12.1. The highest BCUT2D eigenvalue weighted by atomic mass is 32.2. The standard InChI is InChI=1S/C17H18N4O3S2/c1-3-15-20-21-16(23)8-12(19-17(21)26-15)9-25-10-14(22)18-11-5-4-6-13(7-11)24-2/h4-8H,3,9-10H2,1-2H3,(H,18,22). The number of rotatable bonds is 7. The number of ether oxygens (including phenoxy) is 1. The second-order valence-electron chi connectivity index (χ2n) is 5.40. The van der Waals surface area contributed by atoms with Gasteiger partial charge >= 0.3 is 0 Å². The maximum absolute atomic E-state index is 12.1. The van der Waals surface area contributed by atoms with E-state index in [1.165, 1.54) is 33.7 Å². The van der Waals surface area contributed by atoms with E-state index in [4.69, 9.17) is 4.74 Å². The molecule has 0 saturated carbocycles. The zero-order valence-corrected chi connectivity index (χ0v) is 16.0. The normalized spacial score (nSPS) is 10.8. The maximum Gasteiger partial charge on any atom is 0.275 e. The number of nitrogens with zero attached hydrogens (tertiary/aromatic N) is 3. The van der Waals surface area contributed by atoms with Crippen molar-refractivity contribution >= 4 is 39.7 Å². The van der Waals surface area contributed by atoms with Gasteiger partial charge in [-0.15, -0.1) is 11.8 Å². The quantitative estimate of drug-likeness (QED) is 0.667. The summed E-state index contributed by atoms with van der Waals surface area (Å²) in [5, 5.41) is 7.91. The van der Waals surface area contributed by atoms with Gasteiger partial charge in [0.1, 0.15) is 10.8 Å². The van der Waals surface area contributed by atoms with Gasteiger partial charge in [-0.25, -0.2) is 4.98 Å². The second kappa shape index (κ2) is 8.33. The smallest absolute Gasteiger partial charge is 0.275 e. The first kappa shape index (κ1) is 18.4. The topological polar surface area (TPSA) is 85.6 Å². The first-order valence-corrected chi connectivity index (χ1v) is 9.96. The number of fused-ring (bicyclic) bond motifs is 1. The molecule has 26 heavy (non-hydrogen) atoms. The minimum atomic E-state index is -0.192. The van der Waals surface area contributed by atoms with Gasteiger partial charge in [-0.2, -0.15) is 9.61 Å². The average Bonchev–Trinajstić information content (AvgIpc) is 3.06. The Kier molecular flexibility index (Phi) is 5.89. The van der Waals surface area contributed by atoms with Gasteiger partial charge < -0.3 is 10.1 Å². The van der Waals surface area contributed by atoms with E-state index in [0.717, 1.165) is 11.4 Å². The van der Waals surface area contributed by atoms with Gasteiger partial charge in [-0.05, 0) is 18.6 Å². The number of carbonyl (C=O) groups is 1. The highest BCUT2D eigenvalue weighted by Gasteiger charge is 2.09. The van der Waals surface area contributed by atoms with Gasteiger partial charge in [0.2, 0.25) is 10.9 Å². The molecule has 2 heterocycles. The largest absolute Gasteiger partial charge is 0.497 e. The Hall–Kier alpha value is -2.39. The molecule has 1 amide bonds. The minimum absolute atomic E-state index is 0.118. The molecule has 3 aromatic rings. The van der Waals surface area contributed by atoms with E-state index in [9.17, 15) is 9.59 Å². The molecule has 0 aliphatic heterocycles. The highest BCUT2D eigenvalue weighted by Crippen LogP contribution is 2.18. The van der Waals surface area contributed by atoms with Crippen LogP contribution < -0.4 is 15.6 Å². The number of methoxy groups -OCH3 is 1. The van der Waals surface area contributed by atoms with Crippen LogP contribution in [0, 0.1) is 0 Å². The lowest BCUT2D eigenvalue weighted by Gasteiger charge is -2.06. The van der Waals surface area contributed by atoms with Crippen LogP contribution in [-0.2, 0) is 17.0 Å². The van der Waals surface area contributed by atoms with Crippen molar-refractivity contribution in [1.29, 1.82) is 0 Å². The summed E-state index contributed by atoms with van der Waals surface area (Å²) in [5.74, 6) is 1.31. The molecule has 3 rings (SSSR count). The van der Waals surface area contributed by atoms with Crippen molar-refractivity contribution in [3.63, 3.8) is 0 Å². The van der Waals surface area contributed by atoms with Crippen LogP contribution in [0.4, 0.5) is 5.69 Å². The summed E-state index contributed by atoms with van der Waals surface area (Å²) in [6.45, 7) is 1.99. The summed E-state index contributed by atoms with van der Waals surface area (Å²) >= 11 is 2.81. The zero-order valence-electron chi connectivity index (χ0n) is 14.4. The van der Waals surface area contributed by atoms with E-state index < -0.39 is 0 Å². The van der Waals surface area contributed by atoms with Gasteiger partial charge in [-0.3, -0.25) is 9.59 Å². The number of aryl methyl sites for hydroxylation is 1. The van der Waals surface area contributed by atoms with Crippen molar-refractivity contribution < 1.29 is 9.53 Å². The molecule has 1 N–H and O–H groups in total. The highest BCUT2D eigenvalue weighted by molar-refractivity contribution is 7.99. The Morgan fingerprint density at radius 2 is 2.23 bits per heavy atom. The summed E-state index contributed by atoms with van der Waals surface area (Å²) in [7, 11) is 1.58. The lowest BCUT2D eigenvalue weighted by Crippen LogP contribution is -2.16. The first-order valence-electron chi connectivity index (χ1n) is 7.99. The number of amides is 1. The molecule has 9 heteroatoms. The van der Waals surface area contributed by atoms with E-state index in [0.29, 0.717) is 27.8 Å². The number of anilines is 1. The van der Waals surface area contributed by atoms with E-state index in [-0.39, 0.29) is 17.2 Å². The molecule has 0 spiro atoms. The molecule has 0 aliphatic rings. The van der Waals surface area contributed by atoms with Crippen LogP contribution in [0.15, 0.2) is 35.1 Å². The number of benzene rings is 1. The third-order valence-electron chi connectivity index (χ3n) is 3.48. The molecule has 0 atom stereocenters. The van der Waals surface area contributed by atoms with Crippen molar-refractivity contribution in [2.24, 2.45) is 0 Å². The monoisotopic (exact) mass is 390 g/mol. The molecule has 0 radical (unpaired) electrons. The molecular weight excluding hydrogens is 372 g/mol. The van der Waals surface area contributed by atoms with Gasteiger partial charge in [0.25, 0.3) is 5.56 Å².